The number of para-hydroxylation sites is 1. The Hall–Kier alpha value is -1.90. The molecular formula is C14H15N3OS. The number of aromatic nitrogens is 1. The average Bonchev–Trinajstić information content (AvgIpc) is 2.95. The molecule has 5 heteroatoms. The van der Waals surface area contributed by atoms with Gasteiger partial charge in [-0.05, 0) is 6.07 Å². The lowest BCUT2D eigenvalue weighted by molar-refractivity contribution is 0.362. The van der Waals surface area contributed by atoms with E-state index in [1.807, 2.05) is 35.8 Å². The second kappa shape index (κ2) is 7.52. The Kier molecular flexibility index (Phi) is 5.35. The number of nitrogens with zero attached hydrogens (tertiary/aromatic N) is 2. The molecule has 98 valence electrons. The first kappa shape index (κ1) is 13.5. The Morgan fingerprint density at radius 2 is 2.26 bits per heavy atom. The van der Waals surface area contributed by atoms with Crippen molar-refractivity contribution in [1.29, 1.82) is 5.26 Å². The molecule has 0 aliphatic rings. The van der Waals surface area contributed by atoms with Crippen molar-refractivity contribution in [2.45, 2.75) is 13.0 Å². The summed E-state index contributed by atoms with van der Waals surface area (Å²) in [5, 5.41) is 14.0. The molecule has 1 aromatic carbocycles. The van der Waals surface area contributed by atoms with Gasteiger partial charge in [-0.1, -0.05) is 18.2 Å². The lowest BCUT2D eigenvalue weighted by Gasteiger charge is -2.09. The van der Waals surface area contributed by atoms with E-state index in [4.69, 9.17) is 10.00 Å². The monoisotopic (exact) mass is 273 g/mol. The van der Waals surface area contributed by atoms with Crippen LogP contribution in [0.25, 0.3) is 0 Å². The third kappa shape index (κ3) is 4.36. The van der Waals surface area contributed by atoms with Crippen molar-refractivity contribution >= 4 is 11.3 Å². The van der Waals surface area contributed by atoms with Gasteiger partial charge in [-0.15, -0.1) is 11.3 Å². The zero-order valence-corrected chi connectivity index (χ0v) is 11.3. The minimum absolute atomic E-state index is 0.0792. The highest BCUT2D eigenvalue weighted by Gasteiger charge is 2.02. The number of thiazole rings is 1. The molecule has 0 amide bonds. The zero-order valence-electron chi connectivity index (χ0n) is 10.5. The fourth-order valence-electron chi connectivity index (χ4n) is 1.70. The van der Waals surface area contributed by atoms with Gasteiger partial charge < -0.3 is 10.1 Å². The Bertz CT molecular complexity index is 534. The Labute approximate surface area is 116 Å². The van der Waals surface area contributed by atoms with E-state index < -0.39 is 0 Å². The van der Waals surface area contributed by atoms with Crippen molar-refractivity contribution in [1.82, 2.24) is 10.3 Å². The van der Waals surface area contributed by atoms with Crippen LogP contribution in [0.2, 0.25) is 0 Å². The molecule has 19 heavy (non-hydrogen) atoms. The van der Waals surface area contributed by atoms with Crippen LogP contribution in [0, 0.1) is 11.3 Å². The number of hydrogen-bond acceptors (Lipinski definition) is 5. The van der Waals surface area contributed by atoms with Gasteiger partial charge in [0.2, 0.25) is 0 Å². The molecule has 0 aliphatic carbocycles. The van der Waals surface area contributed by atoms with E-state index in [0.29, 0.717) is 0 Å². The molecule has 2 rings (SSSR count). The summed E-state index contributed by atoms with van der Waals surface area (Å²) in [4.78, 5) is 4.24. The molecular weight excluding hydrogens is 258 g/mol. The van der Waals surface area contributed by atoms with Crippen molar-refractivity contribution < 1.29 is 4.74 Å². The highest BCUT2D eigenvalue weighted by Crippen LogP contribution is 2.17. The minimum Gasteiger partial charge on any atom is -0.478 e. The fourth-order valence-corrected chi connectivity index (χ4v) is 2.29. The van der Waals surface area contributed by atoms with E-state index in [9.17, 15) is 0 Å². The molecule has 0 unspecified atom stereocenters. The third-order valence-electron chi connectivity index (χ3n) is 2.62. The number of nitriles is 1. The molecule has 0 atom stereocenters. The van der Waals surface area contributed by atoms with E-state index in [1.165, 1.54) is 0 Å². The summed E-state index contributed by atoms with van der Waals surface area (Å²) in [7, 11) is 0. The van der Waals surface area contributed by atoms with Gasteiger partial charge in [0.25, 0.3) is 0 Å². The molecule has 1 heterocycles. The molecule has 1 aromatic heterocycles. The lowest BCUT2D eigenvalue weighted by atomic mass is 10.2. The summed E-state index contributed by atoms with van der Waals surface area (Å²) >= 11 is 1.62. The van der Waals surface area contributed by atoms with Gasteiger partial charge in [0.05, 0.1) is 11.2 Å². The van der Waals surface area contributed by atoms with E-state index in [2.05, 4.69) is 15.7 Å². The Morgan fingerprint density at radius 1 is 1.37 bits per heavy atom. The summed E-state index contributed by atoms with van der Waals surface area (Å²) in [6.45, 7) is 1.68. The van der Waals surface area contributed by atoms with Crippen LogP contribution in [0.3, 0.4) is 0 Å². The normalized spacial score (nSPS) is 10.1. The number of hydrogen-bond donors (Lipinski definition) is 1. The molecule has 0 aliphatic heterocycles. The first-order valence-corrected chi connectivity index (χ1v) is 7.00. The maximum Gasteiger partial charge on any atom is 0.174 e. The molecule has 0 saturated heterocycles. The lowest BCUT2D eigenvalue weighted by Crippen LogP contribution is -2.17. The topological polar surface area (TPSA) is 57.9 Å². The maximum absolute atomic E-state index is 8.54. The minimum atomic E-state index is 0.0792. The van der Waals surface area contributed by atoms with E-state index in [-0.39, 0.29) is 6.61 Å². The summed E-state index contributed by atoms with van der Waals surface area (Å²) in [5.74, 6) is 0.769. The number of nitrogens with one attached hydrogen (secondary N) is 1. The third-order valence-corrected chi connectivity index (χ3v) is 3.26. The maximum atomic E-state index is 8.54. The second-order valence-electron chi connectivity index (χ2n) is 3.96. The van der Waals surface area contributed by atoms with Crippen molar-refractivity contribution in [3.63, 3.8) is 0 Å². The van der Waals surface area contributed by atoms with Crippen molar-refractivity contribution in [2.75, 3.05) is 13.2 Å². The van der Waals surface area contributed by atoms with Gasteiger partial charge in [0.1, 0.15) is 11.8 Å². The zero-order chi connectivity index (χ0) is 13.3. The van der Waals surface area contributed by atoms with Gasteiger partial charge in [-0.2, -0.15) is 5.26 Å². The molecule has 0 fully saturated rings. The number of rotatable bonds is 7. The summed E-state index contributed by atoms with van der Waals surface area (Å²) < 4.78 is 5.38. The summed E-state index contributed by atoms with van der Waals surface area (Å²) in [6, 6.07) is 9.74. The molecule has 0 bridgehead atoms. The molecule has 0 radical (unpaired) electrons. The number of ether oxygens (including phenoxy) is 1. The van der Waals surface area contributed by atoms with Gasteiger partial charge in [-0.25, -0.2) is 4.98 Å². The summed E-state index contributed by atoms with van der Waals surface area (Å²) in [6.07, 6.45) is 0.921. The molecule has 2 aromatic rings. The highest BCUT2D eigenvalue weighted by atomic mass is 32.1. The second-order valence-corrected chi connectivity index (χ2v) is 4.68. The van der Waals surface area contributed by atoms with Crippen LogP contribution in [0.4, 0.5) is 0 Å². The largest absolute Gasteiger partial charge is 0.478 e. The van der Waals surface area contributed by atoms with Crippen LogP contribution in [0.1, 0.15) is 11.3 Å². The van der Waals surface area contributed by atoms with Crippen molar-refractivity contribution in [3.8, 4) is 11.8 Å². The van der Waals surface area contributed by atoms with Crippen LogP contribution < -0.4 is 10.1 Å². The molecule has 1 N–H and O–H groups in total. The van der Waals surface area contributed by atoms with E-state index in [0.717, 1.165) is 36.5 Å². The van der Waals surface area contributed by atoms with Gasteiger partial charge in [-0.3, -0.25) is 0 Å². The van der Waals surface area contributed by atoms with E-state index in [1.54, 1.807) is 11.3 Å². The quantitative estimate of drug-likeness (QED) is 0.787. The SMILES string of the molecule is N#CCOc1ccccc1CNCCc1cscn1. The summed E-state index contributed by atoms with van der Waals surface area (Å²) in [5.41, 5.74) is 4.03. The molecule has 4 nitrogen and oxygen atoms in total. The predicted molar refractivity (Wildman–Crippen MR) is 75.1 cm³/mol. The average molecular weight is 273 g/mol. The molecule has 0 saturated carbocycles. The smallest absolute Gasteiger partial charge is 0.174 e. The standard InChI is InChI=1S/C14H15N3OS/c15-6-8-18-14-4-2-1-3-12(14)9-16-7-5-13-10-19-11-17-13/h1-4,10-11,16H,5,7-9H2. The number of benzene rings is 1. The Morgan fingerprint density at radius 3 is 3.05 bits per heavy atom. The van der Waals surface area contributed by atoms with E-state index >= 15 is 0 Å². The van der Waals surface area contributed by atoms with Gasteiger partial charge in [0.15, 0.2) is 6.61 Å². The molecule has 0 spiro atoms. The highest BCUT2D eigenvalue weighted by molar-refractivity contribution is 7.07. The first-order valence-electron chi connectivity index (χ1n) is 6.05. The van der Waals surface area contributed by atoms with Crippen molar-refractivity contribution in [3.05, 3.63) is 46.4 Å². The van der Waals surface area contributed by atoms with Crippen LogP contribution in [-0.4, -0.2) is 18.1 Å². The van der Waals surface area contributed by atoms with Crippen LogP contribution in [0.15, 0.2) is 35.2 Å². The van der Waals surface area contributed by atoms with Crippen molar-refractivity contribution in [2.24, 2.45) is 0 Å². The van der Waals surface area contributed by atoms with Crippen LogP contribution in [0.5, 0.6) is 5.75 Å². The Balaban J connectivity index is 1.80. The van der Waals surface area contributed by atoms with Crippen LogP contribution >= 0.6 is 11.3 Å². The van der Waals surface area contributed by atoms with Gasteiger partial charge in [0, 0.05) is 30.5 Å². The predicted octanol–water partition coefficient (Wildman–Crippen LogP) is 2.38. The van der Waals surface area contributed by atoms with Gasteiger partial charge >= 0.3 is 0 Å². The fraction of sp³-hybridized carbons (Fsp3) is 0.286. The van der Waals surface area contributed by atoms with Crippen LogP contribution in [-0.2, 0) is 13.0 Å². The first-order chi connectivity index (χ1) is 9.40.